The maximum Gasteiger partial charge on any atom is 0.264 e. The van der Waals surface area contributed by atoms with E-state index in [1.165, 1.54) is 4.90 Å². The zero-order valence-electron chi connectivity index (χ0n) is 24.6. The molecule has 0 unspecified atom stereocenters. The summed E-state index contributed by atoms with van der Waals surface area (Å²) < 4.78 is 29.0. The Morgan fingerprint density at radius 3 is 1.93 bits per heavy atom. The molecule has 8 heteroatoms. The van der Waals surface area contributed by atoms with Crippen LogP contribution in [0.2, 0.25) is 0 Å². The molecule has 0 bridgehead atoms. The smallest absolute Gasteiger partial charge is 0.264 e. The van der Waals surface area contributed by atoms with E-state index in [9.17, 15) is 18.0 Å². The summed E-state index contributed by atoms with van der Waals surface area (Å²) in [5.41, 5.74) is 3.65. The van der Waals surface area contributed by atoms with E-state index >= 15 is 0 Å². The molecule has 0 radical (unpaired) electrons. The number of benzene rings is 3. The van der Waals surface area contributed by atoms with E-state index in [1.54, 1.807) is 36.4 Å². The van der Waals surface area contributed by atoms with E-state index in [0.29, 0.717) is 12.1 Å². The molecule has 0 fully saturated rings. The van der Waals surface area contributed by atoms with Gasteiger partial charge in [0, 0.05) is 12.1 Å². The quantitative estimate of drug-likeness (QED) is 0.352. The van der Waals surface area contributed by atoms with Gasteiger partial charge in [-0.2, -0.15) is 0 Å². The van der Waals surface area contributed by atoms with Crippen LogP contribution in [0.25, 0.3) is 0 Å². The Morgan fingerprint density at radius 1 is 0.850 bits per heavy atom. The molecule has 3 aromatic carbocycles. The van der Waals surface area contributed by atoms with Gasteiger partial charge in [-0.05, 0) is 83.4 Å². The summed E-state index contributed by atoms with van der Waals surface area (Å²) >= 11 is 0. The lowest BCUT2D eigenvalue weighted by molar-refractivity contribution is -0.141. The summed E-state index contributed by atoms with van der Waals surface area (Å²) in [6.45, 7) is 13.0. The van der Waals surface area contributed by atoms with Gasteiger partial charge in [-0.15, -0.1) is 0 Å². The van der Waals surface area contributed by atoms with Crippen molar-refractivity contribution in [3.8, 4) is 0 Å². The molecule has 214 valence electrons. The molecule has 1 atom stereocenters. The van der Waals surface area contributed by atoms with Gasteiger partial charge in [0.2, 0.25) is 11.8 Å². The molecular weight excluding hydrogens is 522 g/mol. The van der Waals surface area contributed by atoms with E-state index in [2.05, 4.69) is 5.32 Å². The minimum absolute atomic E-state index is 0.0921. The van der Waals surface area contributed by atoms with Crippen molar-refractivity contribution in [3.05, 3.63) is 95.1 Å². The highest BCUT2D eigenvalue weighted by atomic mass is 32.2. The summed E-state index contributed by atoms with van der Waals surface area (Å²) in [6.07, 6.45) is 0.370. The molecule has 0 aromatic heterocycles. The second kappa shape index (κ2) is 12.7. The van der Waals surface area contributed by atoms with Crippen LogP contribution >= 0.6 is 0 Å². The molecule has 0 saturated carbocycles. The number of hydrogen-bond donors (Lipinski definition) is 1. The Bertz CT molecular complexity index is 1430. The molecule has 2 amide bonds. The van der Waals surface area contributed by atoms with Gasteiger partial charge in [0.25, 0.3) is 10.0 Å². The van der Waals surface area contributed by atoms with Crippen LogP contribution in [-0.4, -0.2) is 43.3 Å². The van der Waals surface area contributed by atoms with E-state index < -0.39 is 34.1 Å². The third-order valence-electron chi connectivity index (χ3n) is 6.70. The van der Waals surface area contributed by atoms with Gasteiger partial charge in [0.15, 0.2) is 0 Å². The molecular formula is C32H41N3O4S. The van der Waals surface area contributed by atoms with Crippen molar-refractivity contribution in [2.45, 2.75) is 77.9 Å². The summed E-state index contributed by atoms with van der Waals surface area (Å²) in [5, 5.41) is 2.99. The van der Waals surface area contributed by atoms with Gasteiger partial charge in [-0.25, -0.2) is 8.42 Å². The van der Waals surface area contributed by atoms with Crippen molar-refractivity contribution < 1.29 is 18.0 Å². The highest BCUT2D eigenvalue weighted by Crippen LogP contribution is 2.26. The number of rotatable bonds is 10. The van der Waals surface area contributed by atoms with Gasteiger partial charge in [0.1, 0.15) is 12.6 Å². The fourth-order valence-electron chi connectivity index (χ4n) is 4.42. The number of nitrogens with zero attached hydrogens (tertiary/aromatic N) is 2. The van der Waals surface area contributed by atoms with Crippen LogP contribution in [0, 0.1) is 20.8 Å². The number of carbonyl (C=O) groups excluding carboxylic acids is 2. The van der Waals surface area contributed by atoms with Crippen molar-refractivity contribution in [3.63, 3.8) is 0 Å². The fraction of sp³-hybridized carbons (Fsp3) is 0.375. The molecule has 0 saturated heterocycles. The molecule has 1 N–H and O–H groups in total. The van der Waals surface area contributed by atoms with Crippen LogP contribution in [-0.2, 0) is 26.2 Å². The van der Waals surface area contributed by atoms with Gasteiger partial charge < -0.3 is 10.2 Å². The Hall–Kier alpha value is -3.65. The first-order valence-electron chi connectivity index (χ1n) is 13.5. The van der Waals surface area contributed by atoms with Gasteiger partial charge in [0.05, 0.1) is 10.6 Å². The number of sulfonamides is 1. The third kappa shape index (κ3) is 7.72. The number of amides is 2. The molecule has 3 rings (SSSR count). The second-order valence-corrected chi connectivity index (χ2v) is 13.1. The first kappa shape index (κ1) is 30.9. The largest absolute Gasteiger partial charge is 0.350 e. The first-order valence-corrected chi connectivity index (χ1v) is 15.0. The minimum Gasteiger partial charge on any atom is -0.350 e. The minimum atomic E-state index is -4.09. The first-order chi connectivity index (χ1) is 18.7. The number of carbonyl (C=O) groups is 2. The molecule has 0 aliphatic rings. The average molecular weight is 564 g/mol. The van der Waals surface area contributed by atoms with Crippen LogP contribution in [0.1, 0.15) is 56.4 Å². The second-order valence-electron chi connectivity index (χ2n) is 11.3. The lowest BCUT2D eigenvalue weighted by Crippen LogP contribution is -2.55. The zero-order valence-corrected chi connectivity index (χ0v) is 25.4. The van der Waals surface area contributed by atoms with Crippen LogP contribution < -0.4 is 9.62 Å². The molecule has 7 nitrogen and oxygen atoms in total. The van der Waals surface area contributed by atoms with Crippen molar-refractivity contribution in [1.29, 1.82) is 0 Å². The van der Waals surface area contributed by atoms with E-state index in [4.69, 9.17) is 0 Å². The lowest BCUT2D eigenvalue weighted by atomic mass is 10.0. The summed E-state index contributed by atoms with van der Waals surface area (Å²) in [6, 6.07) is 20.5. The Morgan fingerprint density at radius 2 is 1.40 bits per heavy atom. The van der Waals surface area contributed by atoms with E-state index in [1.807, 2.05) is 84.9 Å². The average Bonchev–Trinajstić information content (AvgIpc) is 2.88. The molecule has 0 spiro atoms. The molecule has 40 heavy (non-hydrogen) atoms. The summed E-state index contributed by atoms with van der Waals surface area (Å²) in [5.74, 6) is -0.740. The van der Waals surface area contributed by atoms with Crippen LogP contribution in [0.15, 0.2) is 77.7 Å². The van der Waals surface area contributed by atoms with Crippen molar-refractivity contribution >= 4 is 27.5 Å². The Balaban J connectivity index is 2.08. The number of hydrogen-bond acceptors (Lipinski definition) is 4. The number of nitrogens with one attached hydrogen (secondary N) is 1. The van der Waals surface area contributed by atoms with E-state index in [-0.39, 0.29) is 17.3 Å². The van der Waals surface area contributed by atoms with Gasteiger partial charge in [-0.3, -0.25) is 13.9 Å². The highest BCUT2D eigenvalue weighted by Gasteiger charge is 2.34. The predicted molar refractivity (Wildman–Crippen MR) is 161 cm³/mol. The highest BCUT2D eigenvalue weighted by molar-refractivity contribution is 7.92. The summed E-state index contributed by atoms with van der Waals surface area (Å²) in [7, 11) is -4.09. The van der Waals surface area contributed by atoms with Gasteiger partial charge >= 0.3 is 0 Å². The Kier molecular flexibility index (Phi) is 9.79. The normalized spacial score (nSPS) is 12.5. The maximum absolute atomic E-state index is 14.2. The van der Waals surface area contributed by atoms with Crippen LogP contribution in [0.3, 0.4) is 0 Å². The van der Waals surface area contributed by atoms with Crippen LogP contribution in [0.5, 0.6) is 0 Å². The van der Waals surface area contributed by atoms with Crippen molar-refractivity contribution in [2.75, 3.05) is 10.8 Å². The molecule has 3 aromatic rings. The Labute approximate surface area is 239 Å². The number of aryl methyl sites for hydroxylation is 3. The maximum atomic E-state index is 14.2. The van der Waals surface area contributed by atoms with E-state index in [0.717, 1.165) is 26.6 Å². The lowest BCUT2D eigenvalue weighted by Gasteiger charge is -2.35. The third-order valence-corrected chi connectivity index (χ3v) is 8.48. The van der Waals surface area contributed by atoms with Crippen LogP contribution in [0.4, 0.5) is 5.69 Å². The standard InChI is InChI=1S/C32H41N3O4S/c1-8-29(31(37)33-32(5,6)7)34(21-26-12-10-9-11-25(26)4)30(36)22-35(27-17-13-23(2)14-18-27)40(38,39)28-19-15-24(3)16-20-28/h9-20,29H,8,21-22H2,1-7H3,(H,33,37)/t29-/m0/s1. The SMILES string of the molecule is CC[C@@H](C(=O)NC(C)(C)C)N(Cc1ccccc1C)C(=O)CN(c1ccc(C)cc1)S(=O)(=O)c1ccc(C)cc1. The topological polar surface area (TPSA) is 86.8 Å². The van der Waals surface area contributed by atoms with Crippen molar-refractivity contribution in [2.24, 2.45) is 0 Å². The zero-order chi connectivity index (χ0) is 29.7. The summed E-state index contributed by atoms with van der Waals surface area (Å²) in [4.78, 5) is 29.2. The molecule has 0 aliphatic heterocycles. The molecule has 0 heterocycles. The monoisotopic (exact) mass is 563 g/mol. The van der Waals surface area contributed by atoms with Gasteiger partial charge in [-0.1, -0.05) is 66.6 Å². The number of anilines is 1. The van der Waals surface area contributed by atoms with Crippen molar-refractivity contribution in [1.82, 2.24) is 10.2 Å². The predicted octanol–water partition coefficient (Wildman–Crippen LogP) is 5.53. The molecule has 0 aliphatic carbocycles. The fourth-order valence-corrected chi connectivity index (χ4v) is 5.83.